The van der Waals surface area contributed by atoms with Crippen molar-refractivity contribution in [3.8, 4) is 6.07 Å². The normalized spacial score (nSPS) is 10.0. The number of nitriles is 1. The predicted octanol–water partition coefficient (Wildman–Crippen LogP) is 1.86. The molecule has 1 aromatic rings. The van der Waals surface area contributed by atoms with Gasteiger partial charge in [0, 0.05) is 13.6 Å². The van der Waals surface area contributed by atoms with Crippen LogP contribution in [0.2, 0.25) is 0 Å². The average molecular weight is 290 g/mol. The van der Waals surface area contributed by atoms with Crippen LogP contribution in [0.3, 0.4) is 0 Å². The van der Waals surface area contributed by atoms with Crippen molar-refractivity contribution in [2.45, 2.75) is 40.0 Å². The number of ether oxygens (including phenoxy) is 1. The molecule has 6 heteroatoms. The van der Waals surface area contributed by atoms with E-state index in [0.717, 1.165) is 24.1 Å². The highest BCUT2D eigenvalue weighted by molar-refractivity contribution is 5.70. The standard InChI is InChI=1S/C15H22N4O2/c1-5-11-12(10-16)15(18-17-13(11)6-2)19(4)9-8-14(20)21-7-3/h5-9H2,1-4H3. The predicted molar refractivity (Wildman–Crippen MR) is 80.0 cm³/mol. The molecule has 0 atom stereocenters. The number of aryl methyl sites for hydroxylation is 1. The molecule has 1 aromatic heterocycles. The summed E-state index contributed by atoms with van der Waals surface area (Å²) in [4.78, 5) is 13.2. The van der Waals surface area contributed by atoms with Crippen molar-refractivity contribution in [3.05, 3.63) is 16.8 Å². The molecule has 114 valence electrons. The lowest BCUT2D eigenvalue weighted by Gasteiger charge is -2.20. The third-order valence-corrected chi connectivity index (χ3v) is 3.26. The molecule has 0 bridgehead atoms. The molecule has 0 unspecified atom stereocenters. The molecule has 0 fully saturated rings. The van der Waals surface area contributed by atoms with Crippen LogP contribution >= 0.6 is 0 Å². The van der Waals surface area contributed by atoms with E-state index in [4.69, 9.17) is 4.74 Å². The second-order valence-corrected chi connectivity index (χ2v) is 4.62. The molecular weight excluding hydrogens is 268 g/mol. The molecule has 0 radical (unpaired) electrons. The Hall–Kier alpha value is -2.16. The van der Waals surface area contributed by atoms with Crippen molar-refractivity contribution in [2.75, 3.05) is 25.1 Å². The van der Waals surface area contributed by atoms with Gasteiger partial charge < -0.3 is 9.64 Å². The molecule has 0 amide bonds. The number of carbonyl (C=O) groups excluding carboxylic acids is 1. The van der Waals surface area contributed by atoms with Crippen LogP contribution in [0.4, 0.5) is 5.82 Å². The quantitative estimate of drug-likeness (QED) is 0.713. The zero-order chi connectivity index (χ0) is 15.8. The monoisotopic (exact) mass is 290 g/mol. The van der Waals surface area contributed by atoms with E-state index in [9.17, 15) is 10.1 Å². The number of rotatable bonds is 7. The molecule has 1 heterocycles. The summed E-state index contributed by atoms with van der Waals surface area (Å²) in [6.07, 6.45) is 1.74. The maximum Gasteiger partial charge on any atom is 0.307 e. The van der Waals surface area contributed by atoms with Gasteiger partial charge in [0.15, 0.2) is 5.82 Å². The van der Waals surface area contributed by atoms with Gasteiger partial charge in [-0.25, -0.2) is 0 Å². The summed E-state index contributed by atoms with van der Waals surface area (Å²) >= 11 is 0. The van der Waals surface area contributed by atoms with Gasteiger partial charge in [-0.05, 0) is 25.3 Å². The van der Waals surface area contributed by atoms with E-state index in [1.807, 2.05) is 13.8 Å². The highest BCUT2D eigenvalue weighted by atomic mass is 16.5. The Morgan fingerprint density at radius 3 is 2.52 bits per heavy atom. The number of esters is 1. The minimum atomic E-state index is -0.253. The van der Waals surface area contributed by atoms with E-state index in [1.165, 1.54) is 0 Å². The van der Waals surface area contributed by atoms with Crippen LogP contribution in [0.1, 0.15) is 44.0 Å². The van der Waals surface area contributed by atoms with E-state index < -0.39 is 0 Å². The van der Waals surface area contributed by atoms with Crippen molar-refractivity contribution in [2.24, 2.45) is 0 Å². The van der Waals surface area contributed by atoms with Gasteiger partial charge >= 0.3 is 5.97 Å². The first-order chi connectivity index (χ1) is 10.1. The first-order valence-corrected chi connectivity index (χ1v) is 7.24. The number of hydrogen-bond acceptors (Lipinski definition) is 6. The molecule has 0 saturated heterocycles. The molecule has 0 spiro atoms. The molecular formula is C15H22N4O2. The highest BCUT2D eigenvalue weighted by Gasteiger charge is 2.17. The number of hydrogen-bond donors (Lipinski definition) is 0. The van der Waals surface area contributed by atoms with Crippen molar-refractivity contribution in [3.63, 3.8) is 0 Å². The Kier molecular flexibility index (Phi) is 6.60. The van der Waals surface area contributed by atoms with E-state index in [2.05, 4.69) is 16.3 Å². The molecule has 0 saturated carbocycles. The summed E-state index contributed by atoms with van der Waals surface area (Å²) in [6.45, 7) is 6.58. The summed E-state index contributed by atoms with van der Waals surface area (Å²) in [5.41, 5.74) is 2.35. The lowest BCUT2D eigenvalue weighted by atomic mass is 10.0. The summed E-state index contributed by atoms with van der Waals surface area (Å²) < 4.78 is 4.90. The lowest BCUT2D eigenvalue weighted by Crippen LogP contribution is -2.25. The van der Waals surface area contributed by atoms with E-state index in [1.54, 1.807) is 18.9 Å². The number of nitrogens with zero attached hydrogens (tertiary/aromatic N) is 4. The second-order valence-electron chi connectivity index (χ2n) is 4.62. The van der Waals surface area contributed by atoms with E-state index in [0.29, 0.717) is 24.5 Å². The highest BCUT2D eigenvalue weighted by Crippen LogP contribution is 2.22. The van der Waals surface area contributed by atoms with Crippen molar-refractivity contribution >= 4 is 11.8 Å². The Morgan fingerprint density at radius 2 is 2.00 bits per heavy atom. The molecule has 21 heavy (non-hydrogen) atoms. The lowest BCUT2D eigenvalue weighted by molar-refractivity contribution is -0.142. The molecule has 0 aromatic carbocycles. The second kappa shape index (κ2) is 8.20. The third kappa shape index (κ3) is 4.15. The van der Waals surface area contributed by atoms with Gasteiger partial charge in [-0.2, -0.15) is 10.4 Å². The van der Waals surface area contributed by atoms with Gasteiger partial charge in [-0.1, -0.05) is 13.8 Å². The van der Waals surface area contributed by atoms with Crippen molar-refractivity contribution in [1.82, 2.24) is 10.2 Å². The van der Waals surface area contributed by atoms with Gasteiger partial charge in [0.05, 0.1) is 18.7 Å². The van der Waals surface area contributed by atoms with Gasteiger partial charge in [0.1, 0.15) is 11.6 Å². The Bertz CT molecular complexity index is 537. The van der Waals surface area contributed by atoms with E-state index in [-0.39, 0.29) is 12.4 Å². The van der Waals surface area contributed by atoms with Crippen molar-refractivity contribution < 1.29 is 9.53 Å². The first-order valence-electron chi connectivity index (χ1n) is 7.24. The van der Waals surface area contributed by atoms with Crippen LogP contribution in [0, 0.1) is 11.3 Å². The van der Waals surface area contributed by atoms with Crippen molar-refractivity contribution in [1.29, 1.82) is 5.26 Å². The number of carbonyl (C=O) groups is 1. The van der Waals surface area contributed by atoms with E-state index >= 15 is 0 Å². The summed E-state index contributed by atoms with van der Waals surface area (Å²) in [6, 6.07) is 2.22. The van der Waals surface area contributed by atoms with Gasteiger partial charge in [0.2, 0.25) is 0 Å². The molecule has 0 aliphatic carbocycles. The summed E-state index contributed by atoms with van der Waals surface area (Å²) in [5.74, 6) is 0.271. The van der Waals surface area contributed by atoms with Gasteiger partial charge in [-0.3, -0.25) is 4.79 Å². The van der Waals surface area contributed by atoms with Crippen LogP contribution in [0.25, 0.3) is 0 Å². The maximum absolute atomic E-state index is 11.4. The van der Waals surface area contributed by atoms with Crippen LogP contribution in [0.15, 0.2) is 0 Å². The first kappa shape index (κ1) is 16.9. The Morgan fingerprint density at radius 1 is 1.29 bits per heavy atom. The topological polar surface area (TPSA) is 79.1 Å². The largest absolute Gasteiger partial charge is 0.466 e. The number of aromatic nitrogens is 2. The fraction of sp³-hybridized carbons (Fsp3) is 0.600. The number of anilines is 1. The fourth-order valence-corrected chi connectivity index (χ4v) is 2.14. The zero-order valence-corrected chi connectivity index (χ0v) is 13.1. The zero-order valence-electron chi connectivity index (χ0n) is 13.1. The Balaban J connectivity index is 2.97. The smallest absolute Gasteiger partial charge is 0.307 e. The molecule has 0 N–H and O–H groups in total. The van der Waals surface area contributed by atoms with Crippen LogP contribution in [0.5, 0.6) is 0 Å². The maximum atomic E-state index is 11.4. The van der Waals surface area contributed by atoms with Crippen LogP contribution < -0.4 is 4.90 Å². The third-order valence-electron chi connectivity index (χ3n) is 3.26. The molecule has 6 nitrogen and oxygen atoms in total. The molecule has 1 rings (SSSR count). The molecule has 0 aliphatic heterocycles. The van der Waals surface area contributed by atoms with Crippen LogP contribution in [-0.2, 0) is 22.4 Å². The minimum absolute atomic E-state index is 0.253. The fourth-order valence-electron chi connectivity index (χ4n) is 2.14. The molecule has 0 aliphatic rings. The Labute approximate surface area is 125 Å². The SMILES string of the molecule is CCOC(=O)CCN(C)c1nnc(CC)c(CC)c1C#N. The van der Waals surface area contributed by atoms with Crippen LogP contribution in [-0.4, -0.2) is 36.4 Å². The average Bonchev–Trinajstić information content (AvgIpc) is 2.51. The summed E-state index contributed by atoms with van der Waals surface area (Å²) in [7, 11) is 1.80. The summed E-state index contributed by atoms with van der Waals surface area (Å²) in [5, 5.41) is 17.8. The van der Waals surface area contributed by atoms with Gasteiger partial charge in [0.25, 0.3) is 0 Å². The van der Waals surface area contributed by atoms with Gasteiger partial charge in [-0.15, -0.1) is 5.10 Å². The minimum Gasteiger partial charge on any atom is -0.466 e.